The fourth-order valence-electron chi connectivity index (χ4n) is 2.14. The molecule has 2 nitrogen and oxygen atoms in total. The van der Waals surface area contributed by atoms with Crippen LogP contribution in [0, 0.1) is 13.8 Å². The van der Waals surface area contributed by atoms with Gasteiger partial charge in [-0.1, -0.05) is 6.07 Å². The summed E-state index contributed by atoms with van der Waals surface area (Å²) in [6.07, 6.45) is 4.47. The first kappa shape index (κ1) is 11.5. The molecule has 0 atom stereocenters. The Labute approximate surface area is 97.8 Å². The van der Waals surface area contributed by atoms with Crippen LogP contribution in [0.15, 0.2) is 12.1 Å². The van der Waals surface area contributed by atoms with Crippen molar-refractivity contribution in [3.63, 3.8) is 0 Å². The highest BCUT2D eigenvalue weighted by Gasteiger charge is 2.37. The molecule has 0 unspecified atom stereocenters. The van der Waals surface area contributed by atoms with Crippen LogP contribution in [0.5, 0.6) is 5.75 Å². The summed E-state index contributed by atoms with van der Waals surface area (Å²) in [7, 11) is 1.74. The Kier molecular flexibility index (Phi) is 2.94. The summed E-state index contributed by atoms with van der Waals surface area (Å²) >= 11 is 0. The number of methoxy groups -OCH3 is 1. The lowest BCUT2D eigenvalue weighted by atomic mass is 9.96. The van der Waals surface area contributed by atoms with E-state index >= 15 is 0 Å². The third-order valence-corrected chi connectivity index (χ3v) is 3.81. The summed E-state index contributed by atoms with van der Waals surface area (Å²) in [6.45, 7) is 4.32. The number of benzene rings is 1. The number of rotatable bonds is 4. The number of hydrogen-bond acceptors (Lipinski definition) is 2. The monoisotopic (exact) mass is 219 g/mol. The van der Waals surface area contributed by atoms with Crippen molar-refractivity contribution < 1.29 is 4.74 Å². The van der Waals surface area contributed by atoms with E-state index in [0.29, 0.717) is 0 Å². The lowest BCUT2D eigenvalue weighted by molar-refractivity contribution is 0.407. The predicted octanol–water partition coefficient (Wildman–Crippen LogP) is 2.74. The molecular formula is C14H21NO. The zero-order valence-corrected chi connectivity index (χ0v) is 10.5. The van der Waals surface area contributed by atoms with E-state index in [1.165, 1.54) is 29.5 Å². The van der Waals surface area contributed by atoms with Gasteiger partial charge in [-0.2, -0.15) is 0 Å². The van der Waals surface area contributed by atoms with E-state index in [-0.39, 0.29) is 5.54 Å². The molecule has 0 amide bonds. The fraction of sp³-hybridized carbons (Fsp3) is 0.571. The smallest absolute Gasteiger partial charge is 0.122 e. The second-order valence-corrected chi connectivity index (χ2v) is 5.05. The van der Waals surface area contributed by atoms with Crippen molar-refractivity contribution in [1.29, 1.82) is 0 Å². The van der Waals surface area contributed by atoms with Crippen LogP contribution in [-0.4, -0.2) is 12.6 Å². The zero-order valence-electron chi connectivity index (χ0n) is 10.5. The molecule has 1 fully saturated rings. The molecule has 0 heterocycles. The first-order valence-corrected chi connectivity index (χ1v) is 5.98. The zero-order chi connectivity index (χ0) is 11.8. The van der Waals surface area contributed by atoms with Crippen LogP contribution < -0.4 is 10.5 Å². The molecule has 0 radical (unpaired) electrons. The molecular weight excluding hydrogens is 198 g/mol. The Morgan fingerprint density at radius 3 is 2.56 bits per heavy atom. The molecule has 16 heavy (non-hydrogen) atoms. The van der Waals surface area contributed by atoms with Crippen molar-refractivity contribution in [1.82, 2.24) is 0 Å². The first-order chi connectivity index (χ1) is 7.56. The molecule has 1 aromatic carbocycles. The van der Waals surface area contributed by atoms with Crippen molar-refractivity contribution >= 4 is 0 Å². The summed E-state index contributed by atoms with van der Waals surface area (Å²) < 4.78 is 5.43. The van der Waals surface area contributed by atoms with Gasteiger partial charge in [-0.25, -0.2) is 0 Å². The Hall–Kier alpha value is -1.02. The maximum absolute atomic E-state index is 6.13. The van der Waals surface area contributed by atoms with Crippen molar-refractivity contribution in [3.05, 3.63) is 28.8 Å². The van der Waals surface area contributed by atoms with Crippen molar-refractivity contribution in [2.24, 2.45) is 5.73 Å². The van der Waals surface area contributed by atoms with Gasteiger partial charge in [0.15, 0.2) is 0 Å². The van der Waals surface area contributed by atoms with Crippen molar-refractivity contribution in [2.75, 3.05) is 7.11 Å². The summed E-state index contributed by atoms with van der Waals surface area (Å²) in [6, 6.07) is 4.18. The fourth-order valence-corrected chi connectivity index (χ4v) is 2.14. The maximum Gasteiger partial charge on any atom is 0.122 e. The number of ether oxygens (including phenoxy) is 1. The Morgan fingerprint density at radius 2 is 2.00 bits per heavy atom. The van der Waals surface area contributed by atoms with Gasteiger partial charge in [0.25, 0.3) is 0 Å². The Balaban J connectivity index is 2.19. The summed E-state index contributed by atoms with van der Waals surface area (Å²) in [5.74, 6) is 1.01. The molecule has 1 aliphatic carbocycles. The Bertz CT molecular complexity index is 394. The highest BCUT2D eigenvalue weighted by atomic mass is 16.5. The molecule has 2 N–H and O–H groups in total. The maximum atomic E-state index is 6.13. The first-order valence-electron chi connectivity index (χ1n) is 5.98. The topological polar surface area (TPSA) is 35.2 Å². The second-order valence-electron chi connectivity index (χ2n) is 5.05. The lowest BCUT2D eigenvalue weighted by Gasteiger charge is -2.15. The largest absolute Gasteiger partial charge is 0.496 e. The van der Waals surface area contributed by atoms with Gasteiger partial charge < -0.3 is 10.5 Å². The predicted molar refractivity (Wildman–Crippen MR) is 66.9 cm³/mol. The van der Waals surface area contributed by atoms with E-state index in [1.807, 2.05) is 0 Å². The normalized spacial score (nSPS) is 17.2. The third kappa shape index (κ3) is 2.22. The molecule has 2 rings (SSSR count). The molecule has 0 aliphatic heterocycles. The minimum Gasteiger partial charge on any atom is -0.496 e. The van der Waals surface area contributed by atoms with E-state index in [1.54, 1.807) is 7.11 Å². The standard InChI is InChI=1S/C14H21NO/c1-10-4-5-13(16-3)12(11(10)2)6-7-14(15)8-9-14/h4-5H,6-9,15H2,1-3H3. The number of nitrogens with two attached hydrogens (primary N) is 1. The molecule has 0 bridgehead atoms. The van der Waals surface area contributed by atoms with Crippen LogP contribution >= 0.6 is 0 Å². The summed E-state index contributed by atoms with van der Waals surface area (Å²) in [4.78, 5) is 0. The number of aryl methyl sites for hydroxylation is 1. The SMILES string of the molecule is COc1ccc(C)c(C)c1CCC1(N)CC1. The van der Waals surface area contributed by atoms with E-state index < -0.39 is 0 Å². The summed E-state index contributed by atoms with van der Waals surface area (Å²) in [5.41, 5.74) is 10.3. The number of hydrogen-bond donors (Lipinski definition) is 1. The van der Waals surface area contributed by atoms with Gasteiger partial charge >= 0.3 is 0 Å². The van der Waals surface area contributed by atoms with Gasteiger partial charge in [0.1, 0.15) is 5.75 Å². The third-order valence-electron chi connectivity index (χ3n) is 3.81. The van der Waals surface area contributed by atoms with Crippen molar-refractivity contribution in [2.45, 2.75) is 45.1 Å². The van der Waals surface area contributed by atoms with Crippen molar-refractivity contribution in [3.8, 4) is 5.75 Å². The van der Waals surface area contributed by atoms with Crippen LogP contribution in [-0.2, 0) is 6.42 Å². The highest BCUT2D eigenvalue weighted by molar-refractivity contribution is 5.44. The van der Waals surface area contributed by atoms with Crippen LogP contribution in [0.1, 0.15) is 36.0 Å². The lowest BCUT2D eigenvalue weighted by Crippen LogP contribution is -2.22. The van der Waals surface area contributed by atoms with Gasteiger partial charge in [0.05, 0.1) is 7.11 Å². The van der Waals surface area contributed by atoms with E-state index in [2.05, 4.69) is 26.0 Å². The van der Waals surface area contributed by atoms with E-state index in [4.69, 9.17) is 10.5 Å². The average molecular weight is 219 g/mol. The minimum atomic E-state index is 0.126. The molecule has 1 aromatic rings. The minimum absolute atomic E-state index is 0.126. The van der Waals surface area contributed by atoms with Gasteiger partial charge in [-0.15, -0.1) is 0 Å². The van der Waals surface area contributed by atoms with Crippen LogP contribution in [0.4, 0.5) is 0 Å². The molecule has 1 aliphatic rings. The average Bonchev–Trinajstić information content (AvgIpc) is 2.99. The van der Waals surface area contributed by atoms with Crippen LogP contribution in [0.3, 0.4) is 0 Å². The van der Waals surface area contributed by atoms with Gasteiger partial charge in [-0.05, 0) is 62.3 Å². The molecule has 88 valence electrons. The van der Waals surface area contributed by atoms with E-state index in [9.17, 15) is 0 Å². The molecule has 0 aromatic heterocycles. The van der Waals surface area contributed by atoms with E-state index in [0.717, 1.165) is 18.6 Å². The molecule has 2 heteroatoms. The van der Waals surface area contributed by atoms with Gasteiger partial charge in [-0.3, -0.25) is 0 Å². The highest BCUT2D eigenvalue weighted by Crippen LogP contribution is 2.38. The van der Waals surface area contributed by atoms with Gasteiger partial charge in [0, 0.05) is 5.54 Å². The second kappa shape index (κ2) is 4.10. The summed E-state index contributed by atoms with van der Waals surface area (Å²) in [5, 5.41) is 0. The molecule has 0 spiro atoms. The molecule has 1 saturated carbocycles. The van der Waals surface area contributed by atoms with Crippen LogP contribution in [0.25, 0.3) is 0 Å². The quantitative estimate of drug-likeness (QED) is 0.845. The van der Waals surface area contributed by atoms with Crippen LogP contribution in [0.2, 0.25) is 0 Å². The molecule has 0 saturated heterocycles. The Morgan fingerprint density at radius 1 is 1.31 bits per heavy atom. The van der Waals surface area contributed by atoms with Gasteiger partial charge in [0.2, 0.25) is 0 Å².